The van der Waals surface area contributed by atoms with Crippen molar-refractivity contribution in [1.82, 2.24) is 0 Å². The van der Waals surface area contributed by atoms with Crippen LogP contribution in [0.1, 0.15) is 34.6 Å². The maximum Gasteiger partial charge on any atom is 0.341 e. The SMILES string of the molecule is CC(C)(C)OC(=O)[C@@](N)(C(=O)O)C(C)(C)O. The maximum absolute atomic E-state index is 11.7. The zero-order valence-electron chi connectivity index (χ0n) is 10.2. The van der Waals surface area contributed by atoms with E-state index in [4.69, 9.17) is 15.6 Å². The lowest BCUT2D eigenvalue weighted by Gasteiger charge is -2.35. The number of carbonyl (C=O) groups excluding carboxylic acids is 1. The molecule has 0 fully saturated rings. The summed E-state index contributed by atoms with van der Waals surface area (Å²) in [7, 11) is 0. The van der Waals surface area contributed by atoms with Gasteiger partial charge in [0.2, 0.25) is 5.54 Å². The molecule has 16 heavy (non-hydrogen) atoms. The van der Waals surface area contributed by atoms with Gasteiger partial charge in [-0.05, 0) is 34.6 Å². The van der Waals surface area contributed by atoms with E-state index in [1.807, 2.05) is 0 Å². The second-order valence-corrected chi connectivity index (χ2v) is 5.17. The molecular weight excluding hydrogens is 214 g/mol. The van der Waals surface area contributed by atoms with Crippen LogP contribution in [0.5, 0.6) is 0 Å². The monoisotopic (exact) mass is 233 g/mol. The Hall–Kier alpha value is -1.14. The van der Waals surface area contributed by atoms with E-state index < -0.39 is 28.7 Å². The smallest absolute Gasteiger partial charge is 0.341 e. The molecule has 0 aliphatic heterocycles. The van der Waals surface area contributed by atoms with Gasteiger partial charge >= 0.3 is 11.9 Å². The van der Waals surface area contributed by atoms with E-state index in [0.717, 1.165) is 13.8 Å². The summed E-state index contributed by atoms with van der Waals surface area (Å²) < 4.78 is 4.89. The molecule has 6 nitrogen and oxygen atoms in total. The number of aliphatic carboxylic acids is 1. The van der Waals surface area contributed by atoms with Crippen molar-refractivity contribution in [3.05, 3.63) is 0 Å². The van der Waals surface area contributed by atoms with E-state index in [-0.39, 0.29) is 0 Å². The van der Waals surface area contributed by atoms with Crippen molar-refractivity contribution in [2.75, 3.05) is 0 Å². The molecule has 0 aromatic heterocycles. The first kappa shape index (κ1) is 14.9. The van der Waals surface area contributed by atoms with E-state index in [1.165, 1.54) is 0 Å². The van der Waals surface area contributed by atoms with Crippen LogP contribution in [0, 0.1) is 0 Å². The molecule has 0 bridgehead atoms. The molecule has 0 saturated heterocycles. The Balaban J connectivity index is 5.26. The molecule has 1 atom stereocenters. The molecule has 6 heteroatoms. The molecule has 0 unspecified atom stereocenters. The standard InChI is InChI=1S/C10H19NO5/c1-8(2,3)16-7(14)10(11,6(12)13)9(4,5)15/h15H,11H2,1-5H3,(H,12,13)/t10-/m0/s1. The number of carboxylic acid groups (broad SMARTS) is 1. The van der Waals surface area contributed by atoms with Crippen LogP contribution in [-0.2, 0) is 14.3 Å². The first-order valence-electron chi connectivity index (χ1n) is 4.80. The van der Waals surface area contributed by atoms with Crippen LogP contribution in [-0.4, -0.2) is 38.9 Å². The summed E-state index contributed by atoms with van der Waals surface area (Å²) in [6.45, 7) is 7.03. The summed E-state index contributed by atoms with van der Waals surface area (Å²) in [6.07, 6.45) is 0. The number of rotatable bonds is 3. The predicted octanol–water partition coefficient (Wildman–Crippen LogP) is -0.119. The van der Waals surface area contributed by atoms with Crippen LogP contribution >= 0.6 is 0 Å². The summed E-state index contributed by atoms with van der Waals surface area (Å²) >= 11 is 0. The van der Waals surface area contributed by atoms with Gasteiger partial charge in [-0.15, -0.1) is 0 Å². The van der Waals surface area contributed by atoms with Gasteiger partial charge in [0.05, 0.1) is 5.60 Å². The summed E-state index contributed by atoms with van der Waals surface area (Å²) in [5, 5.41) is 18.6. The van der Waals surface area contributed by atoms with E-state index in [0.29, 0.717) is 0 Å². The second kappa shape index (κ2) is 4.03. The highest BCUT2D eigenvalue weighted by Crippen LogP contribution is 2.23. The molecule has 0 heterocycles. The summed E-state index contributed by atoms with van der Waals surface area (Å²) in [6, 6.07) is 0. The van der Waals surface area contributed by atoms with Gasteiger partial charge in [-0.1, -0.05) is 0 Å². The van der Waals surface area contributed by atoms with Gasteiger partial charge < -0.3 is 20.7 Å². The minimum atomic E-state index is -2.49. The topological polar surface area (TPSA) is 110 Å². The number of carboxylic acids is 1. The van der Waals surface area contributed by atoms with Crippen LogP contribution in [0.3, 0.4) is 0 Å². The van der Waals surface area contributed by atoms with Crippen LogP contribution in [0.25, 0.3) is 0 Å². The summed E-state index contributed by atoms with van der Waals surface area (Å²) in [4.78, 5) is 22.7. The van der Waals surface area contributed by atoms with Crippen molar-refractivity contribution in [1.29, 1.82) is 0 Å². The predicted molar refractivity (Wildman–Crippen MR) is 56.7 cm³/mol. The fraction of sp³-hybridized carbons (Fsp3) is 0.800. The molecule has 0 aromatic rings. The van der Waals surface area contributed by atoms with Crippen molar-refractivity contribution >= 4 is 11.9 Å². The molecule has 0 amide bonds. The van der Waals surface area contributed by atoms with Crippen molar-refractivity contribution in [3.8, 4) is 0 Å². The van der Waals surface area contributed by atoms with Crippen LogP contribution in [0.4, 0.5) is 0 Å². The minimum absolute atomic E-state index is 0.873. The number of ether oxygens (including phenoxy) is 1. The van der Waals surface area contributed by atoms with Crippen molar-refractivity contribution in [3.63, 3.8) is 0 Å². The van der Waals surface area contributed by atoms with Gasteiger partial charge in [-0.3, -0.25) is 0 Å². The number of nitrogens with two attached hydrogens (primary N) is 1. The van der Waals surface area contributed by atoms with E-state index in [2.05, 4.69) is 0 Å². The number of aliphatic hydroxyl groups is 1. The second-order valence-electron chi connectivity index (χ2n) is 5.17. The van der Waals surface area contributed by atoms with Crippen LogP contribution in [0.2, 0.25) is 0 Å². The number of esters is 1. The third-order valence-electron chi connectivity index (χ3n) is 2.02. The van der Waals surface area contributed by atoms with Crippen molar-refractivity contribution in [2.45, 2.75) is 51.4 Å². The lowest BCUT2D eigenvalue weighted by molar-refractivity contribution is -0.180. The molecule has 0 saturated carbocycles. The lowest BCUT2D eigenvalue weighted by atomic mass is 9.83. The fourth-order valence-corrected chi connectivity index (χ4v) is 0.957. The van der Waals surface area contributed by atoms with Gasteiger partial charge in [0.1, 0.15) is 5.60 Å². The average molecular weight is 233 g/mol. The van der Waals surface area contributed by atoms with Crippen LogP contribution < -0.4 is 5.73 Å². The number of carbonyl (C=O) groups is 2. The van der Waals surface area contributed by atoms with Crippen LogP contribution in [0.15, 0.2) is 0 Å². The van der Waals surface area contributed by atoms with E-state index >= 15 is 0 Å². The zero-order valence-corrected chi connectivity index (χ0v) is 10.2. The molecule has 0 aliphatic rings. The average Bonchev–Trinajstić information content (AvgIpc) is 1.96. The van der Waals surface area contributed by atoms with E-state index in [1.54, 1.807) is 20.8 Å². The number of hydrogen-bond donors (Lipinski definition) is 3. The van der Waals surface area contributed by atoms with Gasteiger partial charge in [0.25, 0.3) is 0 Å². The first-order chi connectivity index (χ1) is 6.82. The highest BCUT2D eigenvalue weighted by Gasteiger charge is 2.56. The Kier molecular flexibility index (Phi) is 3.74. The Bertz CT molecular complexity index is 299. The Morgan fingerprint density at radius 3 is 1.69 bits per heavy atom. The third kappa shape index (κ3) is 2.93. The molecule has 94 valence electrons. The Morgan fingerprint density at radius 1 is 1.12 bits per heavy atom. The Labute approximate surface area is 94.4 Å². The molecule has 0 radical (unpaired) electrons. The zero-order chi connectivity index (χ0) is 13.4. The Morgan fingerprint density at radius 2 is 1.50 bits per heavy atom. The molecule has 0 rings (SSSR count). The van der Waals surface area contributed by atoms with E-state index in [9.17, 15) is 14.7 Å². The van der Waals surface area contributed by atoms with Gasteiger partial charge in [-0.25, -0.2) is 9.59 Å². The normalized spacial score (nSPS) is 16.4. The molecule has 0 spiro atoms. The minimum Gasteiger partial charge on any atom is -0.479 e. The molecule has 4 N–H and O–H groups in total. The molecule has 0 aliphatic carbocycles. The highest BCUT2D eigenvalue weighted by molar-refractivity contribution is 6.05. The molecular formula is C10H19NO5. The highest BCUT2D eigenvalue weighted by atomic mass is 16.6. The first-order valence-corrected chi connectivity index (χ1v) is 4.80. The molecule has 0 aromatic carbocycles. The van der Waals surface area contributed by atoms with Gasteiger partial charge in [0, 0.05) is 0 Å². The third-order valence-corrected chi connectivity index (χ3v) is 2.02. The number of hydrogen-bond acceptors (Lipinski definition) is 5. The largest absolute Gasteiger partial charge is 0.479 e. The quantitative estimate of drug-likeness (QED) is 0.463. The maximum atomic E-state index is 11.7. The van der Waals surface area contributed by atoms with Crippen molar-refractivity contribution < 1.29 is 24.5 Å². The van der Waals surface area contributed by atoms with Gasteiger partial charge in [0.15, 0.2) is 0 Å². The van der Waals surface area contributed by atoms with Gasteiger partial charge in [-0.2, -0.15) is 0 Å². The van der Waals surface area contributed by atoms with Crippen molar-refractivity contribution in [2.24, 2.45) is 5.73 Å². The summed E-state index contributed by atoms with van der Waals surface area (Å²) in [5.41, 5.74) is 0.157. The summed E-state index contributed by atoms with van der Waals surface area (Å²) in [5.74, 6) is -2.80. The lowest BCUT2D eigenvalue weighted by Crippen LogP contribution is -2.69. The fourth-order valence-electron chi connectivity index (χ4n) is 0.957.